The van der Waals surface area contributed by atoms with E-state index in [4.69, 9.17) is 0 Å². The first kappa shape index (κ1) is 8.40. The molecule has 0 saturated heterocycles. The molecule has 2 nitrogen and oxygen atoms in total. The fourth-order valence-electron chi connectivity index (χ4n) is 0.365. The molecule has 0 bridgehead atoms. The first-order valence-electron chi connectivity index (χ1n) is 2.90. The molecule has 0 heterocycles. The minimum absolute atomic E-state index is 0.188. The van der Waals surface area contributed by atoms with Gasteiger partial charge in [0, 0.05) is 13.3 Å². The number of halogens is 1. The number of hydrogen-bond donors (Lipinski definition) is 0. The van der Waals surface area contributed by atoms with E-state index in [1.807, 2.05) is 0 Å². The molecule has 0 radical (unpaired) electrons. The monoisotopic (exact) mass is 134 g/mol. The van der Waals surface area contributed by atoms with Crippen LogP contribution in [0.25, 0.3) is 0 Å². The third-order valence-electron chi connectivity index (χ3n) is 0.821. The number of alkyl halides is 1. The molecule has 1 atom stereocenters. The van der Waals surface area contributed by atoms with Crippen LogP contribution in [0.2, 0.25) is 0 Å². The summed E-state index contributed by atoms with van der Waals surface area (Å²) in [5, 5.41) is 0. The highest BCUT2D eigenvalue weighted by molar-refractivity contribution is 5.65. The lowest BCUT2D eigenvalue weighted by Crippen LogP contribution is -2.04. The number of hydrogen-bond acceptors (Lipinski definition) is 2. The van der Waals surface area contributed by atoms with Crippen LogP contribution in [-0.4, -0.2) is 18.7 Å². The third-order valence-corrected chi connectivity index (χ3v) is 0.821. The van der Waals surface area contributed by atoms with E-state index in [2.05, 4.69) is 4.74 Å². The summed E-state index contributed by atoms with van der Waals surface area (Å²) in [4.78, 5) is 10.1. The zero-order chi connectivity index (χ0) is 7.28. The Balaban J connectivity index is 3.01. The van der Waals surface area contributed by atoms with Crippen LogP contribution in [0.5, 0.6) is 0 Å². The van der Waals surface area contributed by atoms with E-state index >= 15 is 0 Å². The summed E-state index contributed by atoms with van der Waals surface area (Å²) in [6.45, 7) is 2.93. The van der Waals surface area contributed by atoms with Crippen molar-refractivity contribution >= 4 is 5.97 Å². The molecule has 54 valence electrons. The van der Waals surface area contributed by atoms with Crippen molar-refractivity contribution in [1.29, 1.82) is 0 Å². The Morgan fingerprint density at radius 1 is 1.78 bits per heavy atom. The Kier molecular flexibility index (Phi) is 4.01. The highest BCUT2D eigenvalue weighted by Crippen LogP contribution is 1.95. The van der Waals surface area contributed by atoms with Gasteiger partial charge < -0.3 is 4.74 Å². The van der Waals surface area contributed by atoms with Crippen LogP contribution in [0.4, 0.5) is 4.39 Å². The quantitative estimate of drug-likeness (QED) is 0.544. The van der Waals surface area contributed by atoms with Gasteiger partial charge in [0.1, 0.15) is 6.17 Å². The first-order chi connectivity index (χ1) is 4.13. The van der Waals surface area contributed by atoms with Crippen LogP contribution in [0.3, 0.4) is 0 Å². The first-order valence-corrected chi connectivity index (χ1v) is 2.90. The highest BCUT2D eigenvalue weighted by atomic mass is 19.1. The van der Waals surface area contributed by atoms with E-state index in [1.165, 1.54) is 13.8 Å². The average Bonchev–Trinajstić information content (AvgIpc) is 1.63. The molecule has 0 rings (SSSR count). The van der Waals surface area contributed by atoms with Crippen LogP contribution < -0.4 is 0 Å². The number of carbonyl (C=O) groups is 1. The lowest BCUT2D eigenvalue weighted by molar-refractivity contribution is -0.141. The second-order valence-electron chi connectivity index (χ2n) is 1.91. The molecule has 0 spiro atoms. The Morgan fingerprint density at radius 3 is 2.67 bits per heavy atom. The SMILES string of the molecule is CC(=O)OCCC(C)F. The maximum Gasteiger partial charge on any atom is 0.302 e. The zero-order valence-corrected chi connectivity index (χ0v) is 5.69. The van der Waals surface area contributed by atoms with E-state index < -0.39 is 6.17 Å². The molecule has 9 heavy (non-hydrogen) atoms. The van der Waals surface area contributed by atoms with Gasteiger partial charge >= 0.3 is 5.97 Å². The van der Waals surface area contributed by atoms with Crippen LogP contribution in [0, 0.1) is 0 Å². The molecule has 0 aromatic carbocycles. The molecule has 1 unspecified atom stereocenters. The average molecular weight is 134 g/mol. The third kappa shape index (κ3) is 7.40. The van der Waals surface area contributed by atoms with E-state index in [0.717, 1.165) is 0 Å². The van der Waals surface area contributed by atoms with Crippen LogP contribution in [0.1, 0.15) is 20.3 Å². The predicted molar refractivity (Wildman–Crippen MR) is 31.8 cm³/mol. The summed E-state index contributed by atoms with van der Waals surface area (Å²) < 4.78 is 16.4. The molecule has 3 heteroatoms. The van der Waals surface area contributed by atoms with Gasteiger partial charge in [-0.25, -0.2) is 4.39 Å². The van der Waals surface area contributed by atoms with Gasteiger partial charge in [-0.2, -0.15) is 0 Å². The summed E-state index contributed by atoms with van der Waals surface area (Å²) in [7, 11) is 0. The van der Waals surface area contributed by atoms with E-state index in [0.29, 0.717) is 6.42 Å². The minimum atomic E-state index is -0.885. The number of esters is 1. The fourth-order valence-corrected chi connectivity index (χ4v) is 0.365. The van der Waals surface area contributed by atoms with Gasteiger partial charge in [0.15, 0.2) is 0 Å². The van der Waals surface area contributed by atoms with Crippen LogP contribution >= 0.6 is 0 Å². The summed E-state index contributed by atoms with van der Waals surface area (Å²) >= 11 is 0. The van der Waals surface area contributed by atoms with E-state index in [-0.39, 0.29) is 12.6 Å². The predicted octanol–water partition coefficient (Wildman–Crippen LogP) is 1.30. The summed E-state index contributed by atoms with van der Waals surface area (Å²) in [6.07, 6.45) is -0.594. The maximum absolute atomic E-state index is 12.0. The summed E-state index contributed by atoms with van der Waals surface area (Å²) in [5.41, 5.74) is 0. The topological polar surface area (TPSA) is 26.3 Å². The molecule has 0 aliphatic carbocycles. The zero-order valence-electron chi connectivity index (χ0n) is 5.69. The fraction of sp³-hybridized carbons (Fsp3) is 0.833. The lowest BCUT2D eigenvalue weighted by atomic mass is 10.3. The molecule has 0 aromatic rings. The van der Waals surface area contributed by atoms with Gasteiger partial charge in [-0.1, -0.05) is 0 Å². The van der Waals surface area contributed by atoms with Gasteiger partial charge in [0.2, 0.25) is 0 Å². The second kappa shape index (κ2) is 4.30. The van der Waals surface area contributed by atoms with Crippen LogP contribution in [0.15, 0.2) is 0 Å². The van der Waals surface area contributed by atoms with Crippen molar-refractivity contribution in [3.8, 4) is 0 Å². The smallest absolute Gasteiger partial charge is 0.302 e. The molecule has 0 aromatic heterocycles. The summed E-state index contributed by atoms with van der Waals surface area (Å²) in [6, 6.07) is 0. The van der Waals surface area contributed by atoms with E-state index in [9.17, 15) is 9.18 Å². The van der Waals surface area contributed by atoms with Crippen molar-refractivity contribution in [2.75, 3.05) is 6.61 Å². The lowest BCUT2D eigenvalue weighted by Gasteiger charge is -2.00. The Labute approximate surface area is 54.0 Å². The van der Waals surface area contributed by atoms with Crippen LogP contribution in [-0.2, 0) is 9.53 Å². The number of rotatable bonds is 3. The summed E-state index contributed by atoms with van der Waals surface area (Å²) in [5.74, 6) is -0.351. The highest BCUT2D eigenvalue weighted by Gasteiger charge is 1.98. The number of carbonyl (C=O) groups excluding carboxylic acids is 1. The van der Waals surface area contributed by atoms with Crippen molar-refractivity contribution in [3.63, 3.8) is 0 Å². The van der Waals surface area contributed by atoms with Gasteiger partial charge in [-0.3, -0.25) is 4.79 Å². The van der Waals surface area contributed by atoms with Gasteiger partial charge in [0.05, 0.1) is 6.61 Å². The Morgan fingerprint density at radius 2 is 2.33 bits per heavy atom. The van der Waals surface area contributed by atoms with Gasteiger partial charge in [-0.05, 0) is 6.92 Å². The van der Waals surface area contributed by atoms with Gasteiger partial charge in [0.25, 0.3) is 0 Å². The Bertz CT molecular complexity index is 91.1. The van der Waals surface area contributed by atoms with Crippen molar-refractivity contribution in [3.05, 3.63) is 0 Å². The van der Waals surface area contributed by atoms with Crippen molar-refractivity contribution in [2.45, 2.75) is 26.4 Å². The molecule has 0 aliphatic heterocycles. The number of ether oxygens (including phenoxy) is 1. The molecular weight excluding hydrogens is 123 g/mol. The molecule has 0 amide bonds. The second-order valence-corrected chi connectivity index (χ2v) is 1.91. The molecule has 0 N–H and O–H groups in total. The van der Waals surface area contributed by atoms with E-state index in [1.54, 1.807) is 0 Å². The largest absolute Gasteiger partial charge is 0.466 e. The van der Waals surface area contributed by atoms with Crippen molar-refractivity contribution in [2.24, 2.45) is 0 Å². The normalized spacial score (nSPS) is 12.8. The van der Waals surface area contributed by atoms with Crippen molar-refractivity contribution < 1.29 is 13.9 Å². The molecule has 0 fully saturated rings. The van der Waals surface area contributed by atoms with Gasteiger partial charge in [-0.15, -0.1) is 0 Å². The Hall–Kier alpha value is -0.600. The maximum atomic E-state index is 12.0. The minimum Gasteiger partial charge on any atom is -0.466 e. The standard InChI is InChI=1S/C6H11FO2/c1-5(7)3-4-9-6(2)8/h5H,3-4H2,1-2H3. The molecule has 0 aliphatic rings. The van der Waals surface area contributed by atoms with Crippen molar-refractivity contribution in [1.82, 2.24) is 0 Å². The molecular formula is C6H11FO2. The molecule has 0 saturated carbocycles.